The number of rotatable bonds is 7. The number of hydrogen-bond donors (Lipinski definition) is 0. The molecule has 0 N–H and O–H groups in total. The number of carbonyl (C=O) groups excluding carboxylic acids is 1. The maximum absolute atomic E-state index is 12.9. The lowest BCUT2D eigenvalue weighted by molar-refractivity contribution is 0.0775. The van der Waals surface area contributed by atoms with E-state index in [2.05, 4.69) is 0 Å². The normalized spacial score (nSPS) is 11.1. The Morgan fingerprint density at radius 3 is 2.38 bits per heavy atom. The van der Waals surface area contributed by atoms with E-state index in [-0.39, 0.29) is 10.8 Å². The molecule has 0 aliphatic heterocycles. The van der Waals surface area contributed by atoms with Crippen LogP contribution in [-0.4, -0.2) is 40.4 Å². The van der Waals surface area contributed by atoms with Gasteiger partial charge in [0.05, 0.1) is 30.5 Å². The van der Waals surface area contributed by atoms with E-state index >= 15 is 0 Å². The SMILES string of the molecule is COc1ccc(S(=O)(=O)N(C)c2cccc(C(=O)N(C)Cc3ccco3)c2)cc1. The van der Waals surface area contributed by atoms with Crippen LogP contribution in [0.1, 0.15) is 16.1 Å². The van der Waals surface area contributed by atoms with Crippen LogP contribution in [-0.2, 0) is 16.6 Å². The Kier molecular flexibility index (Phi) is 5.93. The van der Waals surface area contributed by atoms with Gasteiger partial charge in [-0.3, -0.25) is 9.10 Å². The molecule has 29 heavy (non-hydrogen) atoms. The molecule has 0 radical (unpaired) electrons. The van der Waals surface area contributed by atoms with Crippen molar-refractivity contribution in [3.63, 3.8) is 0 Å². The monoisotopic (exact) mass is 414 g/mol. The molecule has 1 heterocycles. The number of amides is 1. The highest BCUT2D eigenvalue weighted by Gasteiger charge is 2.22. The molecule has 3 rings (SSSR count). The summed E-state index contributed by atoms with van der Waals surface area (Å²) in [6, 6.07) is 16.2. The molecule has 0 unspecified atom stereocenters. The molecule has 0 spiro atoms. The zero-order chi connectivity index (χ0) is 21.0. The van der Waals surface area contributed by atoms with E-state index in [0.717, 1.165) is 4.31 Å². The molecule has 0 saturated carbocycles. The highest BCUT2D eigenvalue weighted by atomic mass is 32.2. The summed E-state index contributed by atoms with van der Waals surface area (Å²) < 4.78 is 37.4. The molecular weight excluding hydrogens is 392 g/mol. The summed E-state index contributed by atoms with van der Waals surface area (Å²) in [5.74, 6) is 0.994. The molecule has 7 nitrogen and oxygen atoms in total. The first-order valence-corrected chi connectivity index (χ1v) is 10.3. The van der Waals surface area contributed by atoms with Gasteiger partial charge in [0, 0.05) is 19.7 Å². The summed E-state index contributed by atoms with van der Waals surface area (Å²) in [7, 11) is 0.848. The molecule has 0 atom stereocenters. The van der Waals surface area contributed by atoms with Gasteiger partial charge in [-0.25, -0.2) is 8.42 Å². The Bertz CT molecular complexity index is 1080. The van der Waals surface area contributed by atoms with E-state index in [1.54, 1.807) is 61.8 Å². The van der Waals surface area contributed by atoms with Crippen molar-refractivity contribution in [2.75, 3.05) is 25.5 Å². The third kappa shape index (κ3) is 4.43. The Morgan fingerprint density at radius 1 is 1.03 bits per heavy atom. The topological polar surface area (TPSA) is 80.1 Å². The number of ether oxygens (including phenoxy) is 1. The van der Waals surface area contributed by atoms with E-state index < -0.39 is 10.0 Å². The van der Waals surface area contributed by atoms with E-state index in [9.17, 15) is 13.2 Å². The minimum atomic E-state index is -3.78. The van der Waals surface area contributed by atoms with Crippen LogP contribution in [0.3, 0.4) is 0 Å². The van der Waals surface area contributed by atoms with Crippen LogP contribution >= 0.6 is 0 Å². The number of furan rings is 1. The highest BCUT2D eigenvalue weighted by molar-refractivity contribution is 7.92. The number of sulfonamides is 1. The number of nitrogens with zero attached hydrogens (tertiary/aromatic N) is 2. The molecular formula is C21H22N2O5S. The van der Waals surface area contributed by atoms with Crippen LogP contribution < -0.4 is 9.04 Å². The molecule has 0 aliphatic rings. The minimum Gasteiger partial charge on any atom is -0.497 e. The van der Waals surface area contributed by atoms with Gasteiger partial charge in [-0.1, -0.05) is 6.07 Å². The number of benzene rings is 2. The Hall–Kier alpha value is -3.26. The quantitative estimate of drug-likeness (QED) is 0.592. The van der Waals surface area contributed by atoms with Gasteiger partial charge in [0.1, 0.15) is 11.5 Å². The van der Waals surface area contributed by atoms with Gasteiger partial charge in [-0.05, 0) is 54.6 Å². The van der Waals surface area contributed by atoms with Crippen molar-refractivity contribution in [1.82, 2.24) is 4.90 Å². The van der Waals surface area contributed by atoms with Crippen LogP contribution in [0.15, 0.2) is 76.2 Å². The van der Waals surface area contributed by atoms with Crippen LogP contribution in [0.25, 0.3) is 0 Å². The van der Waals surface area contributed by atoms with Gasteiger partial charge in [-0.15, -0.1) is 0 Å². The first kappa shape index (κ1) is 20.5. The molecule has 0 aliphatic carbocycles. The summed E-state index contributed by atoms with van der Waals surface area (Å²) >= 11 is 0. The van der Waals surface area contributed by atoms with E-state index in [1.165, 1.54) is 31.2 Å². The van der Waals surface area contributed by atoms with Crippen molar-refractivity contribution < 1.29 is 22.4 Å². The number of carbonyl (C=O) groups is 1. The first-order chi connectivity index (χ1) is 13.8. The van der Waals surface area contributed by atoms with Crippen molar-refractivity contribution in [1.29, 1.82) is 0 Å². The molecule has 1 amide bonds. The largest absolute Gasteiger partial charge is 0.497 e. The van der Waals surface area contributed by atoms with Crippen molar-refractivity contribution >= 4 is 21.6 Å². The van der Waals surface area contributed by atoms with Gasteiger partial charge in [0.15, 0.2) is 0 Å². The van der Waals surface area contributed by atoms with E-state index in [0.29, 0.717) is 29.3 Å². The zero-order valence-corrected chi connectivity index (χ0v) is 17.2. The fraction of sp³-hybridized carbons (Fsp3) is 0.190. The second kappa shape index (κ2) is 8.40. The van der Waals surface area contributed by atoms with E-state index in [4.69, 9.17) is 9.15 Å². The smallest absolute Gasteiger partial charge is 0.264 e. The van der Waals surface area contributed by atoms with Crippen molar-refractivity contribution in [2.24, 2.45) is 0 Å². The molecule has 0 fully saturated rings. The van der Waals surface area contributed by atoms with Crippen LogP contribution in [0.4, 0.5) is 5.69 Å². The van der Waals surface area contributed by atoms with Crippen molar-refractivity contribution in [3.05, 3.63) is 78.3 Å². The summed E-state index contributed by atoms with van der Waals surface area (Å²) in [6.45, 7) is 0.316. The molecule has 2 aromatic carbocycles. The lowest BCUT2D eigenvalue weighted by atomic mass is 10.1. The summed E-state index contributed by atoms with van der Waals surface area (Å²) in [4.78, 5) is 14.4. The Labute approximate surface area is 170 Å². The summed E-state index contributed by atoms with van der Waals surface area (Å²) in [5, 5.41) is 0. The maximum Gasteiger partial charge on any atom is 0.264 e. The van der Waals surface area contributed by atoms with Gasteiger partial charge in [-0.2, -0.15) is 0 Å². The van der Waals surface area contributed by atoms with Crippen molar-refractivity contribution in [2.45, 2.75) is 11.4 Å². The minimum absolute atomic E-state index is 0.132. The Balaban J connectivity index is 1.82. The predicted octanol–water partition coefficient (Wildman–Crippen LogP) is 3.39. The highest BCUT2D eigenvalue weighted by Crippen LogP contribution is 2.25. The van der Waals surface area contributed by atoms with Crippen LogP contribution in [0.5, 0.6) is 5.75 Å². The lowest BCUT2D eigenvalue weighted by Gasteiger charge is -2.21. The summed E-state index contributed by atoms with van der Waals surface area (Å²) in [5.41, 5.74) is 0.770. The van der Waals surface area contributed by atoms with Gasteiger partial charge in [0.25, 0.3) is 15.9 Å². The standard InChI is InChI=1S/C21H22N2O5S/c1-22(15-19-8-5-13-28-19)21(24)16-6-4-7-17(14-16)23(2)29(25,26)20-11-9-18(27-3)10-12-20/h4-14H,15H2,1-3H3. The van der Waals surface area contributed by atoms with Crippen LogP contribution in [0.2, 0.25) is 0 Å². The molecule has 1 aromatic heterocycles. The molecule has 0 bridgehead atoms. The third-order valence-electron chi connectivity index (χ3n) is 4.49. The van der Waals surface area contributed by atoms with Gasteiger partial charge < -0.3 is 14.1 Å². The first-order valence-electron chi connectivity index (χ1n) is 8.84. The second-order valence-electron chi connectivity index (χ2n) is 6.44. The second-order valence-corrected chi connectivity index (χ2v) is 8.41. The van der Waals surface area contributed by atoms with Crippen LogP contribution in [0, 0.1) is 0 Å². The average Bonchev–Trinajstić information content (AvgIpc) is 3.25. The Morgan fingerprint density at radius 2 is 1.76 bits per heavy atom. The van der Waals surface area contributed by atoms with Gasteiger partial charge >= 0.3 is 0 Å². The van der Waals surface area contributed by atoms with E-state index in [1.807, 2.05) is 0 Å². The average molecular weight is 414 g/mol. The lowest BCUT2D eigenvalue weighted by Crippen LogP contribution is -2.28. The molecule has 152 valence electrons. The fourth-order valence-electron chi connectivity index (χ4n) is 2.81. The fourth-order valence-corrected chi connectivity index (χ4v) is 4.00. The maximum atomic E-state index is 12.9. The predicted molar refractivity (Wildman–Crippen MR) is 110 cm³/mol. The number of hydrogen-bond acceptors (Lipinski definition) is 5. The molecule has 8 heteroatoms. The zero-order valence-electron chi connectivity index (χ0n) is 16.4. The number of methoxy groups -OCH3 is 1. The van der Waals surface area contributed by atoms with Crippen molar-refractivity contribution in [3.8, 4) is 5.75 Å². The molecule has 0 saturated heterocycles. The van der Waals surface area contributed by atoms with Gasteiger partial charge in [0.2, 0.25) is 0 Å². The number of anilines is 1. The molecule has 3 aromatic rings. The summed E-state index contributed by atoms with van der Waals surface area (Å²) in [6.07, 6.45) is 1.55. The third-order valence-corrected chi connectivity index (χ3v) is 6.29.